The summed E-state index contributed by atoms with van der Waals surface area (Å²) in [5, 5.41) is 4.09. The van der Waals surface area contributed by atoms with Gasteiger partial charge < -0.3 is 20.0 Å². The van der Waals surface area contributed by atoms with Gasteiger partial charge in [0.15, 0.2) is 6.54 Å². The van der Waals surface area contributed by atoms with E-state index in [1.807, 2.05) is 49.3 Å². The minimum Gasteiger partial charge on any atom is -0.363 e. The van der Waals surface area contributed by atoms with E-state index < -0.39 is 0 Å². The van der Waals surface area contributed by atoms with E-state index in [-0.39, 0.29) is 5.91 Å². The fourth-order valence-electron chi connectivity index (χ4n) is 3.12. The Morgan fingerprint density at radius 3 is 2.62 bits per heavy atom. The molecule has 1 fully saturated rings. The molecule has 6 nitrogen and oxygen atoms in total. The van der Waals surface area contributed by atoms with Gasteiger partial charge in [0.1, 0.15) is 32.0 Å². The highest BCUT2D eigenvalue weighted by atomic mass is 16.2. The predicted octanol–water partition coefficient (Wildman–Crippen LogP) is -1.35. The molecule has 1 aromatic carbocycles. The predicted molar refractivity (Wildman–Crippen MR) is 96.9 cm³/mol. The van der Waals surface area contributed by atoms with Crippen LogP contribution in [0.3, 0.4) is 0 Å². The highest BCUT2D eigenvalue weighted by molar-refractivity contribution is 6.02. The molecule has 0 bridgehead atoms. The van der Waals surface area contributed by atoms with Gasteiger partial charge in [0.05, 0.1) is 18.3 Å². The topological polar surface area (TPSA) is 54.1 Å². The summed E-state index contributed by atoms with van der Waals surface area (Å²) in [6.45, 7) is 4.90. The van der Waals surface area contributed by atoms with Gasteiger partial charge in [-0.2, -0.15) is 0 Å². The summed E-state index contributed by atoms with van der Waals surface area (Å²) < 4.78 is 0. The van der Waals surface area contributed by atoms with Crippen LogP contribution in [0.25, 0.3) is 10.9 Å². The van der Waals surface area contributed by atoms with Crippen molar-refractivity contribution in [2.75, 3.05) is 64.1 Å². The zero-order valence-electron chi connectivity index (χ0n) is 14.7. The number of nitrogens with one attached hydrogen (secondary N) is 3. The molecule has 24 heavy (non-hydrogen) atoms. The largest absolute Gasteiger partial charge is 0.363 e. The van der Waals surface area contributed by atoms with Crippen LogP contribution < -0.4 is 20.0 Å². The van der Waals surface area contributed by atoms with Gasteiger partial charge >= 0.3 is 0 Å². The zero-order valence-corrected chi connectivity index (χ0v) is 14.7. The summed E-state index contributed by atoms with van der Waals surface area (Å²) in [7, 11) is 6.13. The number of hydrogen-bond donors (Lipinski definition) is 3. The third-order valence-electron chi connectivity index (χ3n) is 4.66. The monoisotopic (exact) mass is 329 g/mol. The number of amides is 1. The molecule has 1 aliphatic heterocycles. The van der Waals surface area contributed by atoms with E-state index in [1.165, 1.54) is 4.90 Å². The van der Waals surface area contributed by atoms with Gasteiger partial charge in [0.25, 0.3) is 5.91 Å². The normalized spacial score (nSPS) is 20.8. The SMILES string of the molecule is CN(C)c1cc(NC(=O)C[NH+]2CC[NH+](C)CC2)c2ccccc2n1. The molecule has 1 saturated heterocycles. The molecule has 0 aliphatic carbocycles. The second-order valence-electron chi connectivity index (χ2n) is 6.87. The quantitative estimate of drug-likeness (QED) is 0.650. The van der Waals surface area contributed by atoms with E-state index in [1.54, 1.807) is 4.90 Å². The summed E-state index contributed by atoms with van der Waals surface area (Å²) in [6.07, 6.45) is 0. The van der Waals surface area contributed by atoms with Gasteiger partial charge in [-0.15, -0.1) is 0 Å². The third kappa shape index (κ3) is 3.83. The van der Waals surface area contributed by atoms with Crippen molar-refractivity contribution in [3.8, 4) is 0 Å². The third-order valence-corrected chi connectivity index (χ3v) is 4.66. The van der Waals surface area contributed by atoms with E-state index in [4.69, 9.17) is 0 Å². The number of pyridine rings is 1. The number of carbonyl (C=O) groups excluding carboxylic acids is 1. The summed E-state index contributed by atoms with van der Waals surface area (Å²) in [5.74, 6) is 0.921. The molecule has 6 heteroatoms. The van der Waals surface area contributed by atoms with Crippen molar-refractivity contribution in [2.45, 2.75) is 0 Å². The number of rotatable bonds is 4. The molecule has 1 aliphatic rings. The first-order valence-electron chi connectivity index (χ1n) is 8.55. The molecule has 1 amide bonds. The average molecular weight is 329 g/mol. The molecular formula is C18H27N5O+2. The lowest BCUT2D eigenvalue weighted by Crippen LogP contribution is -3.27. The van der Waals surface area contributed by atoms with Crippen molar-refractivity contribution < 1.29 is 14.6 Å². The number of quaternary nitrogens is 2. The highest BCUT2D eigenvalue weighted by Crippen LogP contribution is 2.26. The minimum absolute atomic E-state index is 0.0746. The molecular weight excluding hydrogens is 302 g/mol. The molecule has 3 N–H and O–H groups in total. The molecule has 128 valence electrons. The molecule has 0 radical (unpaired) electrons. The van der Waals surface area contributed by atoms with Crippen molar-refractivity contribution in [3.63, 3.8) is 0 Å². The number of likely N-dealkylation sites (N-methyl/N-ethyl adjacent to an activating group) is 1. The molecule has 2 heterocycles. The maximum absolute atomic E-state index is 12.5. The molecule has 0 atom stereocenters. The van der Waals surface area contributed by atoms with Crippen LogP contribution in [0.4, 0.5) is 11.5 Å². The molecule has 0 unspecified atom stereocenters. The van der Waals surface area contributed by atoms with Crippen molar-refractivity contribution in [1.29, 1.82) is 0 Å². The Bertz CT molecular complexity index is 722. The van der Waals surface area contributed by atoms with Crippen molar-refractivity contribution in [3.05, 3.63) is 30.3 Å². The standard InChI is InChI=1S/C18H25N5O/c1-21(2)17-12-16(14-6-4-5-7-15(14)19-17)20-18(24)13-23-10-8-22(3)9-11-23/h4-7,12H,8-11,13H2,1-3H3,(H,19,20,24)/p+2. The van der Waals surface area contributed by atoms with Crippen molar-refractivity contribution in [2.24, 2.45) is 0 Å². The highest BCUT2D eigenvalue weighted by Gasteiger charge is 2.22. The Morgan fingerprint density at radius 1 is 1.21 bits per heavy atom. The molecule has 1 aromatic heterocycles. The van der Waals surface area contributed by atoms with Gasteiger partial charge in [-0.25, -0.2) is 4.98 Å². The van der Waals surface area contributed by atoms with Crippen LogP contribution in [0.15, 0.2) is 30.3 Å². The summed E-state index contributed by atoms with van der Waals surface area (Å²) in [6, 6.07) is 9.88. The number of carbonyl (C=O) groups is 1. The van der Waals surface area contributed by atoms with E-state index in [9.17, 15) is 4.79 Å². The first-order chi connectivity index (χ1) is 11.5. The van der Waals surface area contributed by atoms with Crippen molar-refractivity contribution >= 4 is 28.3 Å². The fraction of sp³-hybridized carbons (Fsp3) is 0.444. The summed E-state index contributed by atoms with van der Waals surface area (Å²) in [4.78, 5) is 22.0. The second kappa shape index (κ2) is 7.15. The number of hydrogen-bond acceptors (Lipinski definition) is 3. The van der Waals surface area contributed by atoms with Crippen LogP contribution in [0, 0.1) is 0 Å². The summed E-state index contributed by atoms with van der Waals surface area (Å²) >= 11 is 0. The number of nitrogens with zero attached hydrogens (tertiary/aromatic N) is 2. The maximum atomic E-state index is 12.5. The zero-order chi connectivity index (χ0) is 17.1. The molecule has 0 spiro atoms. The Morgan fingerprint density at radius 2 is 1.92 bits per heavy atom. The number of aromatic nitrogens is 1. The Balaban J connectivity index is 1.77. The Hall–Kier alpha value is -2.18. The van der Waals surface area contributed by atoms with Crippen LogP contribution in [-0.2, 0) is 4.79 Å². The van der Waals surface area contributed by atoms with Crippen LogP contribution in [0.2, 0.25) is 0 Å². The molecule has 0 saturated carbocycles. The van der Waals surface area contributed by atoms with E-state index in [0.29, 0.717) is 6.54 Å². The first kappa shape index (κ1) is 16.7. The lowest BCUT2D eigenvalue weighted by atomic mass is 10.1. The van der Waals surface area contributed by atoms with E-state index >= 15 is 0 Å². The Kier molecular flexibility index (Phi) is 4.97. The van der Waals surface area contributed by atoms with E-state index in [0.717, 1.165) is 48.6 Å². The average Bonchev–Trinajstić information content (AvgIpc) is 2.56. The van der Waals surface area contributed by atoms with Crippen LogP contribution in [0.1, 0.15) is 0 Å². The number of piperazine rings is 1. The fourth-order valence-corrected chi connectivity index (χ4v) is 3.12. The number of fused-ring (bicyclic) bond motifs is 1. The first-order valence-corrected chi connectivity index (χ1v) is 8.55. The summed E-state index contributed by atoms with van der Waals surface area (Å²) in [5.41, 5.74) is 1.74. The van der Waals surface area contributed by atoms with Gasteiger partial charge in [0, 0.05) is 25.5 Å². The van der Waals surface area contributed by atoms with Crippen LogP contribution >= 0.6 is 0 Å². The van der Waals surface area contributed by atoms with Gasteiger partial charge in [0.2, 0.25) is 0 Å². The van der Waals surface area contributed by atoms with Crippen LogP contribution in [-0.4, -0.2) is 64.8 Å². The minimum atomic E-state index is 0.0746. The van der Waals surface area contributed by atoms with Gasteiger partial charge in [-0.3, -0.25) is 4.79 Å². The second-order valence-corrected chi connectivity index (χ2v) is 6.87. The van der Waals surface area contributed by atoms with Gasteiger partial charge in [-0.05, 0) is 6.07 Å². The smallest absolute Gasteiger partial charge is 0.279 e. The molecule has 2 aromatic rings. The molecule has 3 rings (SSSR count). The lowest BCUT2D eigenvalue weighted by molar-refractivity contribution is -0.999. The number of benzene rings is 1. The van der Waals surface area contributed by atoms with Gasteiger partial charge in [-0.1, -0.05) is 18.2 Å². The van der Waals surface area contributed by atoms with Crippen molar-refractivity contribution in [1.82, 2.24) is 4.98 Å². The van der Waals surface area contributed by atoms with E-state index in [2.05, 4.69) is 17.3 Å². The Labute approximate surface area is 143 Å². The number of anilines is 2. The number of para-hydroxylation sites is 1. The van der Waals surface area contributed by atoms with Crippen LogP contribution in [0.5, 0.6) is 0 Å². The lowest BCUT2D eigenvalue weighted by Gasteiger charge is -2.26. The maximum Gasteiger partial charge on any atom is 0.279 e.